The summed E-state index contributed by atoms with van der Waals surface area (Å²) in [6.07, 6.45) is -1.16. The maximum absolute atomic E-state index is 13.4. The van der Waals surface area contributed by atoms with Crippen LogP contribution in [0.2, 0.25) is 0 Å². The SMILES string of the molecule is CC1(C)O[C@@H]2COC(=O)c3ccc4c(c3)/C(=C3/c5ccccc5-c5ccc(cc53)C(=O)OC[C@H]2O1)c1ccccc1-4. The summed E-state index contributed by atoms with van der Waals surface area (Å²) in [6, 6.07) is 28.1. The Morgan fingerprint density at radius 2 is 0.927 bits per heavy atom. The lowest BCUT2D eigenvalue weighted by atomic mass is 9.90. The maximum Gasteiger partial charge on any atom is 0.338 e. The van der Waals surface area contributed by atoms with Crippen molar-refractivity contribution in [1.29, 1.82) is 0 Å². The van der Waals surface area contributed by atoms with Gasteiger partial charge in [-0.1, -0.05) is 60.7 Å². The van der Waals surface area contributed by atoms with Crippen LogP contribution in [0.25, 0.3) is 33.4 Å². The quantitative estimate of drug-likeness (QED) is 0.204. The number of hydrogen-bond donors (Lipinski definition) is 0. The molecule has 4 aliphatic rings. The number of carbonyl (C=O) groups is 2. The Balaban J connectivity index is 1.38. The summed E-state index contributed by atoms with van der Waals surface area (Å²) in [5, 5.41) is 0. The zero-order valence-electron chi connectivity index (χ0n) is 22.6. The van der Waals surface area contributed by atoms with Crippen molar-refractivity contribution in [2.24, 2.45) is 0 Å². The summed E-state index contributed by atoms with van der Waals surface area (Å²) < 4.78 is 23.5. The van der Waals surface area contributed by atoms with Crippen molar-refractivity contribution in [3.63, 3.8) is 0 Å². The van der Waals surface area contributed by atoms with E-state index in [1.807, 2.05) is 60.7 Å². The van der Waals surface area contributed by atoms with Gasteiger partial charge in [-0.3, -0.25) is 0 Å². The van der Waals surface area contributed by atoms with Gasteiger partial charge in [0.25, 0.3) is 0 Å². The normalized spacial score (nSPS) is 23.4. The van der Waals surface area contributed by atoms with Crippen LogP contribution in [0.5, 0.6) is 0 Å². The highest BCUT2D eigenvalue weighted by Crippen LogP contribution is 2.54. The minimum atomic E-state index is -0.899. The average Bonchev–Trinajstić information content (AvgIpc) is 3.59. The molecule has 6 heteroatoms. The number of esters is 2. The molecule has 4 bridgehead atoms. The number of rotatable bonds is 0. The Kier molecular flexibility index (Phi) is 5.18. The molecule has 0 amide bonds. The van der Waals surface area contributed by atoms with Gasteiger partial charge in [-0.2, -0.15) is 0 Å². The molecule has 8 rings (SSSR count). The van der Waals surface area contributed by atoms with Crippen LogP contribution in [0.15, 0.2) is 84.9 Å². The van der Waals surface area contributed by atoms with E-state index in [0.717, 1.165) is 55.7 Å². The van der Waals surface area contributed by atoms with Crippen molar-refractivity contribution in [3.8, 4) is 22.3 Å². The molecule has 0 aromatic heterocycles. The summed E-state index contributed by atoms with van der Waals surface area (Å²) in [4.78, 5) is 26.7. The molecule has 1 fully saturated rings. The van der Waals surface area contributed by atoms with Crippen molar-refractivity contribution < 1.29 is 28.5 Å². The smallest absolute Gasteiger partial charge is 0.338 e. The van der Waals surface area contributed by atoms with Crippen LogP contribution in [-0.2, 0) is 18.9 Å². The highest BCUT2D eigenvalue weighted by molar-refractivity contribution is 6.19. The Bertz CT molecular complexity index is 1700. The first-order chi connectivity index (χ1) is 19.9. The summed E-state index contributed by atoms with van der Waals surface area (Å²) >= 11 is 0. The first kappa shape index (κ1) is 24.3. The van der Waals surface area contributed by atoms with Crippen molar-refractivity contribution >= 4 is 23.1 Å². The lowest BCUT2D eigenvalue weighted by molar-refractivity contribution is -0.151. The van der Waals surface area contributed by atoms with E-state index in [2.05, 4.69) is 24.3 Å². The number of carbonyl (C=O) groups excluding carboxylic acids is 2. The third kappa shape index (κ3) is 3.71. The molecular weight excluding hydrogens is 516 g/mol. The van der Waals surface area contributed by atoms with Gasteiger partial charge in [-0.25, -0.2) is 9.59 Å². The second kappa shape index (κ2) is 8.74. The number of ether oxygens (including phenoxy) is 4. The molecule has 2 heterocycles. The Hall–Kier alpha value is -4.52. The van der Waals surface area contributed by atoms with Gasteiger partial charge in [-0.05, 0) is 93.8 Å². The van der Waals surface area contributed by atoms with Crippen LogP contribution in [0.1, 0.15) is 56.8 Å². The standard InChI is InChI=1S/C35H26O6/c1-35(2)40-29-17-38-33(36)19-11-13-23-21-7-3-5-9-25(21)31(27(23)15-19)32-26-10-6-4-8-22(26)24-14-12-20(16-28(24)32)34(37)39-18-30(29)41-35/h3-16,29-30H,17-18H2,1-2H3/b32-31-/t29-,30-/m1/s1. The van der Waals surface area contributed by atoms with Crippen LogP contribution in [-0.4, -0.2) is 43.1 Å². The van der Waals surface area contributed by atoms with E-state index in [0.29, 0.717) is 11.1 Å². The molecule has 4 aromatic rings. The average molecular weight is 543 g/mol. The molecule has 0 spiro atoms. The maximum atomic E-state index is 13.4. The molecule has 0 N–H and O–H groups in total. The van der Waals surface area contributed by atoms with Crippen molar-refractivity contribution in [1.82, 2.24) is 0 Å². The molecule has 202 valence electrons. The second-order valence-electron chi connectivity index (χ2n) is 11.3. The lowest BCUT2D eigenvalue weighted by Crippen LogP contribution is -2.33. The fourth-order valence-corrected chi connectivity index (χ4v) is 6.60. The lowest BCUT2D eigenvalue weighted by Gasteiger charge is -2.18. The summed E-state index contributed by atoms with van der Waals surface area (Å²) in [6.45, 7) is 3.53. The Morgan fingerprint density at radius 1 is 0.537 bits per heavy atom. The topological polar surface area (TPSA) is 71.1 Å². The predicted octanol–water partition coefficient (Wildman–Crippen LogP) is 6.50. The molecule has 2 aliphatic carbocycles. The van der Waals surface area contributed by atoms with Crippen LogP contribution >= 0.6 is 0 Å². The summed E-state index contributed by atoms with van der Waals surface area (Å²) in [5.41, 5.74) is 11.4. The number of hydrogen-bond acceptors (Lipinski definition) is 6. The van der Waals surface area contributed by atoms with Crippen molar-refractivity contribution in [2.45, 2.75) is 31.8 Å². The number of cyclic esters (lactones) is 2. The molecule has 0 radical (unpaired) electrons. The van der Waals surface area contributed by atoms with Gasteiger partial charge in [0, 0.05) is 0 Å². The van der Waals surface area contributed by atoms with Gasteiger partial charge in [0.2, 0.25) is 0 Å². The van der Waals surface area contributed by atoms with Crippen molar-refractivity contribution in [2.75, 3.05) is 13.2 Å². The predicted molar refractivity (Wildman–Crippen MR) is 153 cm³/mol. The van der Waals surface area contributed by atoms with E-state index < -0.39 is 29.9 Å². The minimum Gasteiger partial charge on any atom is -0.459 e. The molecule has 0 unspecified atom stereocenters. The van der Waals surface area contributed by atoms with E-state index in [1.54, 1.807) is 13.8 Å². The van der Waals surface area contributed by atoms with Gasteiger partial charge in [0.15, 0.2) is 5.79 Å². The first-order valence-corrected chi connectivity index (χ1v) is 13.8. The van der Waals surface area contributed by atoms with Gasteiger partial charge in [-0.15, -0.1) is 0 Å². The zero-order valence-corrected chi connectivity index (χ0v) is 22.6. The van der Waals surface area contributed by atoms with Gasteiger partial charge < -0.3 is 18.9 Å². The van der Waals surface area contributed by atoms with Gasteiger partial charge in [0.05, 0.1) is 11.1 Å². The van der Waals surface area contributed by atoms with E-state index in [9.17, 15) is 9.59 Å². The molecule has 1 saturated heterocycles. The molecule has 2 aliphatic heterocycles. The largest absolute Gasteiger partial charge is 0.459 e. The third-order valence-electron chi connectivity index (χ3n) is 8.31. The van der Waals surface area contributed by atoms with Gasteiger partial charge >= 0.3 is 11.9 Å². The number of benzene rings is 4. The van der Waals surface area contributed by atoms with Gasteiger partial charge in [0.1, 0.15) is 25.4 Å². The van der Waals surface area contributed by atoms with E-state index >= 15 is 0 Å². The summed E-state index contributed by atoms with van der Waals surface area (Å²) in [7, 11) is 0. The fourth-order valence-electron chi connectivity index (χ4n) is 6.60. The second-order valence-corrected chi connectivity index (χ2v) is 11.3. The Labute approximate surface area is 237 Å². The summed E-state index contributed by atoms with van der Waals surface area (Å²) in [5.74, 6) is -1.79. The molecule has 41 heavy (non-hydrogen) atoms. The first-order valence-electron chi connectivity index (χ1n) is 13.8. The number of fused-ring (bicyclic) bond motifs is 9. The minimum absolute atomic E-state index is 0.0258. The monoisotopic (exact) mass is 542 g/mol. The van der Waals surface area contributed by atoms with Crippen LogP contribution < -0.4 is 0 Å². The van der Waals surface area contributed by atoms with E-state index in [-0.39, 0.29) is 13.2 Å². The Morgan fingerprint density at radius 3 is 1.37 bits per heavy atom. The van der Waals surface area contributed by atoms with E-state index in [1.165, 1.54) is 0 Å². The van der Waals surface area contributed by atoms with Crippen LogP contribution in [0.3, 0.4) is 0 Å². The fraction of sp³-hybridized carbons (Fsp3) is 0.200. The molecule has 6 nitrogen and oxygen atoms in total. The van der Waals surface area contributed by atoms with Crippen LogP contribution in [0.4, 0.5) is 0 Å². The molecular formula is C35H26O6. The molecule has 4 aromatic carbocycles. The molecule has 0 saturated carbocycles. The van der Waals surface area contributed by atoms with E-state index in [4.69, 9.17) is 18.9 Å². The molecule has 2 atom stereocenters. The zero-order chi connectivity index (χ0) is 27.9. The third-order valence-corrected chi connectivity index (χ3v) is 8.31. The highest BCUT2D eigenvalue weighted by Gasteiger charge is 2.43. The highest BCUT2D eigenvalue weighted by atomic mass is 16.8. The van der Waals surface area contributed by atoms with Crippen molar-refractivity contribution in [3.05, 3.63) is 118 Å². The van der Waals surface area contributed by atoms with Crippen LogP contribution in [0, 0.1) is 0 Å².